The van der Waals surface area contributed by atoms with Gasteiger partial charge in [0.2, 0.25) is 0 Å². The maximum absolute atomic E-state index is 2.78. The predicted molar refractivity (Wildman–Crippen MR) is 84.2 cm³/mol. The highest BCUT2D eigenvalue weighted by atomic mass is 15.1. The number of nitrogens with zero attached hydrogens (tertiary/aromatic N) is 1. The molecule has 0 aromatic carbocycles. The molecular weight excluding hydrogens is 218 g/mol. The molecule has 0 radical (unpaired) electrons. The van der Waals surface area contributed by atoms with Crippen LogP contribution in [-0.4, -0.2) is 24.0 Å². The fourth-order valence-corrected chi connectivity index (χ4v) is 2.70. The molecule has 0 rings (SSSR count). The zero-order chi connectivity index (χ0) is 13.8. The third-order valence-corrected chi connectivity index (χ3v) is 3.78. The van der Waals surface area contributed by atoms with Crippen LogP contribution in [0.2, 0.25) is 0 Å². The Balaban J connectivity index is 4.24. The van der Waals surface area contributed by atoms with E-state index in [9.17, 15) is 0 Å². The fraction of sp³-hybridized carbons (Fsp3) is 1.00. The van der Waals surface area contributed by atoms with E-state index in [4.69, 9.17) is 0 Å². The Kier molecular flexibility index (Phi) is 12.0. The van der Waals surface area contributed by atoms with E-state index < -0.39 is 0 Å². The SMILES string of the molecule is CCCCCN(CCC)C(CCC)CCC(C)C. The minimum atomic E-state index is 0.842. The van der Waals surface area contributed by atoms with Crippen molar-refractivity contribution in [1.82, 2.24) is 4.90 Å². The monoisotopic (exact) mass is 255 g/mol. The molecule has 0 aromatic rings. The lowest BCUT2D eigenvalue weighted by Gasteiger charge is -2.32. The smallest absolute Gasteiger partial charge is 0.00952 e. The van der Waals surface area contributed by atoms with E-state index >= 15 is 0 Å². The van der Waals surface area contributed by atoms with E-state index in [0.29, 0.717) is 0 Å². The predicted octanol–water partition coefficient (Wildman–Crippen LogP) is 5.49. The van der Waals surface area contributed by atoms with Crippen LogP contribution in [0.25, 0.3) is 0 Å². The maximum Gasteiger partial charge on any atom is 0.00952 e. The molecular formula is C17H37N. The summed E-state index contributed by atoms with van der Waals surface area (Å²) < 4.78 is 0. The molecule has 0 bridgehead atoms. The lowest BCUT2D eigenvalue weighted by atomic mass is 9.98. The molecule has 110 valence electrons. The van der Waals surface area contributed by atoms with E-state index in [0.717, 1.165) is 12.0 Å². The van der Waals surface area contributed by atoms with Crippen LogP contribution in [0.4, 0.5) is 0 Å². The first-order valence-corrected chi connectivity index (χ1v) is 8.39. The molecule has 0 aliphatic rings. The summed E-state index contributed by atoms with van der Waals surface area (Å²) in [4.78, 5) is 2.78. The van der Waals surface area contributed by atoms with Crippen LogP contribution in [0.15, 0.2) is 0 Å². The molecule has 1 unspecified atom stereocenters. The van der Waals surface area contributed by atoms with Gasteiger partial charge in [-0.1, -0.05) is 53.9 Å². The molecule has 1 nitrogen and oxygen atoms in total. The summed E-state index contributed by atoms with van der Waals surface area (Å²) in [6, 6.07) is 0.842. The summed E-state index contributed by atoms with van der Waals surface area (Å²) in [5, 5.41) is 0. The van der Waals surface area contributed by atoms with Gasteiger partial charge in [-0.15, -0.1) is 0 Å². The van der Waals surface area contributed by atoms with Gasteiger partial charge in [-0.2, -0.15) is 0 Å². The number of unbranched alkanes of at least 4 members (excludes halogenated alkanes) is 2. The minimum Gasteiger partial charge on any atom is -0.300 e. The maximum atomic E-state index is 2.78. The molecule has 1 heteroatoms. The van der Waals surface area contributed by atoms with Crippen LogP contribution in [0.3, 0.4) is 0 Å². The minimum absolute atomic E-state index is 0.842. The van der Waals surface area contributed by atoms with E-state index in [1.807, 2.05) is 0 Å². The van der Waals surface area contributed by atoms with Crippen molar-refractivity contribution in [2.75, 3.05) is 13.1 Å². The second-order valence-electron chi connectivity index (χ2n) is 6.16. The first-order chi connectivity index (χ1) is 8.65. The highest BCUT2D eigenvalue weighted by molar-refractivity contribution is 4.72. The van der Waals surface area contributed by atoms with Gasteiger partial charge in [0.25, 0.3) is 0 Å². The highest BCUT2D eigenvalue weighted by Gasteiger charge is 2.16. The molecule has 0 aromatic heterocycles. The molecule has 0 saturated carbocycles. The van der Waals surface area contributed by atoms with Gasteiger partial charge in [0.15, 0.2) is 0 Å². The summed E-state index contributed by atoms with van der Waals surface area (Å²) >= 11 is 0. The quantitative estimate of drug-likeness (QED) is 0.417. The van der Waals surface area contributed by atoms with Gasteiger partial charge in [0, 0.05) is 6.04 Å². The second kappa shape index (κ2) is 12.0. The fourth-order valence-electron chi connectivity index (χ4n) is 2.70. The normalized spacial score (nSPS) is 13.5. The third kappa shape index (κ3) is 8.97. The molecule has 0 N–H and O–H groups in total. The third-order valence-electron chi connectivity index (χ3n) is 3.78. The van der Waals surface area contributed by atoms with Crippen molar-refractivity contribution >= 4 is 0 Å². The zero-order valence-corrected chi connectivity index (χ0v) is 13.7. The zero-order valence-electron chi connectivity index (χ0n) is 13.7. The van der Waals surface area contributed by atoms with Crippen molar-refractivity contribution < 1.29 is 0 Å². The lowest BCUT2D eigenvalue weighted by Crippen LogP contribution is -2.37. The Morgan fingerprint density at radius 1 is 0.722 bits per heavy atom. The van der Waals surface area contributed by atoms with Crippen molar-refractivity contribution in [2.24, 2.45) is 5.92 Å². The van der Waals surface area contributed by atoms with Crippen LogP contribution < -0.4 is 0 Å². The van der Waals surface area contributed by atoms with E-state index in [1.54, 1.807) is 0 Å². The van der Waals surface area contributed by atoms with Gasteiger partial charge >= 0.3 is 0 Å². The topological polar surface area (TPSA) is 3.24 Å². The van der Waals surface area contributed by atoms with Crippen molar-refractivity contribution in [3.05, 3.63) is 0 Å². The van der Waals surface area contributed by atoms with Gasteiger partial charge in [0.05, 0.1) is 0 Å². The van der Waals surface area contributed by atoms with Crippen molar-refractivity contribution in [2.45, 2.75) is 92.0 Å². The van der Waals surface area contributed by atoms with Gasteiger partial charge in [-0.05, 0) is 51.1 Å². The number of hydrogen-bond acceptors (Lipinski definition) is 1. The summed E-state index contributed by atoms with van der Waals surface area (Å²) in [5.41, 5.74) is 0. The van der Waals surface area contributed by atoms with Crippen molar-refractivity contribution in [3.63, 3.8) is 0 Å². The van der Waals surface area contributed by atoms with Gasteiger partial charge < -0.3 is 4.90 Å². The van der Waals surface area contributed by atoms with Crippen molar-refractivity contribution in [1.29, 1.82) is 0 Å². The summed E-state index contributed by atoms with van der Waals surface area (Å²) in [7, 11) is 0. The Morgan fingerprint density at radius 3 is 1.94 bits per heavy atom. The van der Waals surface area contributed by atoms with E-state index in [1.165, 1.54) is 64.5 Å². The summed E-state index contributed by atoms with van der Waals surface area (Å²) in [6.45, 7) is 14.3. The Bertz CT molecular complexity index is 165. The summed E-state index contributed by atoms with van der Waals surface area (Å²) in [6.07, 6.45) is 10.9. The molecule has 0 spiro atoms. The molecule has 18 heavy (non-hydrogen) atoms. The van der Waals surface area contributed by atoms with Crippen molar-refractivity contribution in [3.8, 4) is 0 Å². The van der Waals surface area contributed by atoms with Crippen LogP contribution >= 0.6 is 0 Å². The molecule has 0 amide bonds. The van der Waals surface area contributed by atoms with Gasteiger partial charge in [0.1, 0.15) is 0 Å². The average Bonchev–Trinajstić information content (AvgIpc) is 2.33. The molecule has 0 aliphatic carbocycles. The molecule has 0 aliphatic heterocycles. The highest BCUT2D eigenvalue weighted by Crippen LogP contribution is 2.18. The average molecular weight is 255 g/mol. The van der Waals surface area contributed by atoms with Crippen LogP contribution in [0.5, 0.6) is 0 Å². The molecule has 0 fully saturated rings. The summed E-state index contributed by atoms with van der Waals surface area (Å²) in [5.74, 6) is 0.850. The number of rotatable bonds is 12. The van der Waals surface area contributed by atoms with Crippen LogP contribution in [-0.2, 0) is 0 Å². The molecule has 1 atom stereocenters. The first-order valence-electron chi connectivity index (χ1n) is 8.39. The number of hydrogen-bond donors (Lipinski definition) is 0. The lowest BCUT2D eigenvalue weighted by molar-refractivity contribution is 0.166. The van der Waals surface area contributed by atoms with E-state index in [2.05, 4.69) is 39.5 Å². The molecule has 0 heterocycles. The largest absolute Gasteiger partial charge is 0.300 e. The standard InChI is InChI=1S/C17H37N/c1-6-9-10-15-18(14-8-3)17(11-7-2)13-12-16(4)5/h16-17H,6-15H2,1-5H3. The Labute approximate surface area is 116 Å². The van der Waals surface area contributed by atoms with E-state index in [-0.39, 0.29) is 0 Å². The Hall–Kier alpha value is -0.0400. The van der Waals surface area contributed by atoms with Gasteiger partial charge in [-0.3, -0.25) is 0 Å². The first kappa shape index (κ1) is 18.0. The van der Waals surface area contributed by atoms with Gasteiger partial charge in [-0.25, -0.2) is 0 Å². The van der Waals surface area contributed by atoms with Crippen LogP contribution in [0, 0.1) is 5.92 Å². The Morgan fingerprint density at radius 2 is 1.44 bits per heavy atom. The molecule has 0 saturated heterocycles. The second-order valence-corrected chi connectivity index (χ2v) is 6.16. The van der Waals surface area contributed by atoms with Crippen LogP contribution in [0.1, 0.15) is 86.0 Å².